The lowest BCUT2D eigenvalue weighted by Crippen LogP contribution is -2.23. The second kappa shape index (κ2) is 6.38. The number of aryl methyl sites for hydroxylation is 1. The topological polar surface area (TPSA) is 37.8 Å². The van der Waals surface area contributed by atoms with Crippen LogP contribution in [0.2, 0.25) is 0 Å². The third-order valence-corrected chi connectivity index (χ3v) is 3.05. The lowest BCUT2D eigenvalue weighted by atomic mass is 9.98. The van der Waals surface area contributed by atoms with Crippen LogP contribution in [-0.2, 0) is 0 Å². The van der Waals surface area contributed by atoms with Crippen molar-refractivity contribution in [1.29, 1.82) is 0 Å². The average molecular weight is 259 g/mol. The van der Waals surface area contributed by atoms with Gasteiger partial charge in [-0.05, 0) is 48.7 Å². The van der Waals surface area contributed by atoms with Gasteiger partial charge in [0.15, 0.2) is 0 Å². The van der Waals surface area contributed by atoms with E-state index < -0.39 is 0 Å². The van der Waals surface area contributed by atoms with Crippen LogP contribution in [0.15, 0.2) is 36.7 Å². The molecule has 19 heavy (non-hydrogen) atoms. The van der Waals surface area contributed by atoms with Crippen molar-refractivity contribution in [2.75, 3.05) is 6.54 Å². The Balaban J connectivity index is 2.34. The Hall–Kier alpha value is -1.81. The average Bonchev–Trinajstić information content (AvgIpc) is 2.44. The van der Waals surface area contributed by atoms with E-state index in [1.807, 2.05) is 18.2 Å². The van der Waals surface area contributed by atoms with Crippen LogP contribution in [0, 0.1) is 12.7 Å². The summed E-state index contributed by atoms with van der Waals surface area (Å²) in [6.07, 6.45) is 4.45. The van der Waals surface area contributed by atoms with Gasteiger partial charge in [-0.3, -0.25) is 0 Å². The molecule has 1 aromatic heterocycles. The molecule has 1 aromatic carbocycles. The lowest BCUT2D eigenvalue weighted by molar-refractivity contribution is 0.587. The van der Waals surface area contributed by atoms with Gasteiger partial charge in [-0.15, -0.1) is 0 Å². The molecule has 1 N–H and O–H groups in total. The zero-order valence-electron chi connectivity index (χ0n) is 11.2. The maximum Gasteiger partial charge on any atom is 0.126 e. The molecule has 2 rings (SSSR count). The normalized spacial score (nSPS) is 12.4. The first-order valence-electron chi connectivity index (χ1n) is 6.48. The number of nitrogens with one attached hydrogen (secondary N) is 1. The summed E-state index contributed by atoms with van der Waals surface area (Å²) in [5.41, 5.74) is 2.73. The number of nitrogens with zero attached hydrogens (tertiary/aromatic N) is 2. The summed E-state index contributed by atoms with van der Waals surface area (Å²) in [4.78, 5) is 0. The maximum atomic E-state index is 13.4. The van der Waals surface area contributed by atoms with Crippen LogP contribution >= 0.6 is 0 Å². The largest absolute Gasteiger partial charge is 0.306 e. The van der Waals surface area contributed by atoms with E-state index in [9.17, 15) is 4.39 Å². The summed E-state index contributed by atoms with van der Waals surface area (Å²) in [5, 5.41) is 11.2. The fourth-order valence-corrected chi connectivity index (χ4v) is 2.04. The summed E-state index contributed by atoms with van der Waals surface area (Å²) in [6, 6.07) is 7.16. The Bertz CT molecular complexity index is 528. The molecular formula is C15H18FN3. The molecule has 0 saturated heterocycles. The van der Waals surface area contributed by atoms with E-state index >= 15 is 0 Å². The number of hydrogen-bond acceptors (Lipinski definition) is 3. The van der Waals surface area contributed by atoms with E-state index in [2.05, 4.69) is 22.4 Å². The molecule has 4 heteroatoms. The molecular weight excluding hydrogens is 241 g/mol. The van der Waals surface area contributed by atoms with Crippen molar-refractivity contribution in [3.8, 4) is 0 Å². The Morgan fingerprint density at radius 3 is 2.68 bits per heavy atom. The zero-order chi connectivity index (χ0) is 13.7. The van der Waals surface area contributed by atoms with Gasteiger partial charge in [0, 0.05) is 6.20 Å². The molecule has 0 bridgehead atoms. The zero-order valence-corrected chi connectivity index (χ0v) is 11.2. The molecule has 1 atom stereocenters. The summed E-state index contributed by atoms with van der Waals surface area (Å²) in [6.45, 7) is 4.79. The van der Waals surface area contributed by atoms with Crippen molar-refractivity contribution in [3.05, 3.63) is 59.2 Å². The second-order valence-electron chi connectivity index (χ2n) is 4.57. The lowest BCUT2D eigenvalue weighted by Gasteiger charge is -2.19. The Kier molecular flexibility index (Phi) is 4.58. The van der Waals surface area contributed by atoms with Crippen molar-refractivity contribution in [2.24, 2.45) is 0 Å². The standard InChI is InChI=1S/C15H18FN3/c1-3-7-17-15(13-6-8-18-19-10-13)12-4-5-14(16)11(2)9-12/h4-6,8-10,15,17H,3,7H2,1-2H3. The van der Waals surface area contributed by atoms with Gasteiger partial charge in [0.25, 0.3) is 0 Å². The van der Waals surface area contributed by atoms with E-state index in [1.54, 1.807) is 19.3 Å². The van der Waals surface area contributed by atoms with Gasteiger partial charge in [0.2, 0.25) is 0 Å². The van der Waals surface area contributed by atoms with Crippen LogP contribution in [0.4, 0.5) is 4.39 Å². The highest BCUT2D eigenvalue weighted by Gasteiger charge is 2.14. The minimum atomic E-state index is -0.175. The molecule has 0 saturated carbocycles. The van der Waals surface area contributed by atoms with Crippen LogP contribution < -0.4 is 5.32 Å². The molecule has 0 amide bonds. The molecule has 2 aromatic rings. The SMILES string of the molecule is CCCNC(c1ccnnc1)c1ccc(F)c(C)c1. The van der Waals surface area contributed by atoms with E-state index in [4.69, 9.17) is 0 Å². The number of halogens is 1. The highest BCUT2D eigenvalue weighted by atomic mass is 19.1. The highest BCUT2D eigenvalue weighted by Crippen LogP contribution is 2.23. The molecule has 0 aliphatic carbocycles. The first-order valence-corrected chi connectivity index (χ1v) is 6.48. The van der Waals surface area contributed by atoms with E-state index in [-0.39, 0.29) is 11.9 Å². The molecule has 1 heterocycles. The quantitative estimate of drug-likeness (QED) is 0.897. The van der Waals surface area contributed by atoms with Crippen LogP contribution in [0.25, 0.3) is 0 Å². The number of benzene rings is 1. The van der Waals surface area contributed by atoms with E-state index in [1.165, 1.54) is 6.07 Å². The van der Waals surface area contributed by atoms with Crippen LogP contribution in [0.3, 0.4) is 0 Å². The first kappa shape index (κ1) is 13.6. The van der Waals surface area contributed by atoms with E-state index in [0.717, 1.165) is 24.1 Å². The maximum absolute atomic E-state index is 13.4. The molecule has 0 radical (unpaired) electrons. The summed E-state index contributed by atoms with van der Waals surface area (Å²) < 4.78 is 13.4. The van der Waals surface area contributed by atoms with E-state index in [0.29, 0.717) is 5.56 Å². The van der Waals surface area contributed by atoms with Gasteiger partial charge >= 0.3 is 0 Å². The van der Waals surface area contributed by atoms with Gasteiger partial charge in [-0.25, -0.2) is 4.39 Å². The Labute approximate surface area is 112 Å². The minimum absolute atomic E-state index is 0.0229. The first-order chi connectivity index (χ1) is 9.22. The predicted octanol–water partition coefficient (Wildman–Crippen LogP) is 3.01. The number of rotatable bonds is 5. The van der Waals surface area contributed by atoms with Crippen LogP contribution in [0.1, 0.15) is 36.1 Å². The molecule has 3 nitrogen and oxygen atoms in total. The number of aromatic nitrogens is 2. The molecule has 100 valence electrons. The Morgan fingerprint density at radius 1 is 1.21 bits per heavy atom. The summed E-state index contributed by atoms with van der Waals surface area (Å²) in [5.74, 6) is -0.175. The molecule has 0 fully saturated rings. The van der Waals surface area contributed by atoms with Crippen molar-refractivity contribution < 1.29 is 4.39 Å². The molecule has 0 spiro atoms. The highest BCUT2D eigenvalue weighted by molar-refractivity contribution is 5.33. The summed E-state index contributed by atoms with van der Waals surface area (Å²) in [7, 11) is 0. The number of hydrogen-bond donors (Lipinski definition) is 1. The van der Waals surface area contributed by atoms with Crippen molar-refractivity contribution in [3.63, 3.8) is 0 Å². The third kappa shape index (κ3) is 3.35. The fourth-order valence-electron chi connectivity index (χ4n) is 2.04. The molecule has 1 unspecified atom stereocenters. The van der Waals surface area contributed by atoms with Gasteiger partial charge in [-0.1, -0.05) is 19.1 Å². The minimum Gasteiger partial charge on any atom is -0.306 e. The van der Waals surface area contributed by atoms with Gasteiger partial charge in [-0.2, -0.15) is 10.2 Å². The van der Waals surface area contributed by atoms with Crippen LogP contribution in [0.5, 0.6) is 0 Å². The van der Waals surface area contributed by atoms with Crippen LogP contribution in [-0.4, -0.2) is 16.7 Å². The summed E-state index contributed by atoms with van der Waals surface area (Å²) >= 11 is 0. The van der Waals surface area contributed by atoms with Gasteiger partial charge in [0.05, 0.1) is 12.2 Å². The second-order valence-corrected chi connectivity index (χ2v) is 4.57. The van der Waals surface area contributed by atoms with Gasteiger partial charge < -0.3 is 5.32 Å². The predicted molar refractivity (Wildman–Crippen MR) is 73.3 cm³/mol. The van der Waals surface area contributed by atoms with Crippen molar-refractivity contribution in [2.45, 2.75) is 26.3 Å². The van der Waals surface area contributed by atoms with Gasteiger partial charge in [0.1, 0.15) is 5.82 Å². The molecule has 0 aliphatic heterocycles. The monoisotopic (exact) mass is 259 g/mol. The Morgan fingerprint density at radius 2 is 2.05 bits per heavy atom. The third-order valence-electron chi connectivity index (χ3n) is 3.05. The fraction of sp³-hybridized carbons (Fsp3) is 0.333. The van der Waals surface area contributed by atoms with Crippen molar-refractivity contribution in [1.82, 2.24) is 15.5 Å². The molecule has 0 aliphatic rings. The van der Waals surface area contributed by atoms with Crippen molar-refractivity contribution >= 4 is 0 Å². The smallest absolute Gasteiger partial charge is 0.126 e.